The highest BCUT2D eigenvalue weighted by atomic mass is 15.4. The molecule has 3 heteroatoms. The molecule has 0 saturated carbocycles. The molecule has 0 aromatic carbocycles. The molecule has 0 spiro atoms. The topological polar surface area (TPSA) is 30.7 Å². The highest BCUT2D eigenvalue weighted by Gasteiger charge is 2.28. The maximum atomic E-state index is 4.41. The van der Waals surface area contributed by atoms with E-state index >= 15 is 0 Å². The molecule has 1 rings (SSSR count). The predicted molar refractivity (Wildman–Crippen MR) is 104 cm³/mol. The quantitative estimate of drug-likeness (QED) is 0.308. The van der Waals surface area contributed by atoms with Gasteiger partial charge in [-0.3, -0.25) is 0 Å². The molecule has 0 N–H and O–H groups in total. The van der Waals surface area contributed by atoms with E-state index in [1.54, 1.807) is 6.33 Å². The third-order valence-corrected chi connectivity index (χ3v) is 5.72. The Hall–Kier alpha value is -0.860. The van der Waals surface area contributed by atoms with Crippen LogP contribution in [0.15, 0.2) is 12.7 Å². The Morgan fingerprint density at radius 3 is 1.62 bits per heavy atom. The Morgan fingerprint density at radius 1 is 0.708 bits per heavy atom. The minimum atomic E-state index is 0.189. The second-order valence-electron chi connectivity index (χ2n) is 7.41. The molecule has 0 saturated heterocycles. The Bertz CT molecular complexity index is 368. The summed E-state index contributed by atoms with van der Waals surface area (Å²) in [5.41, 5.74) is 0.189. The van der Waals surface area contributed by atoms with Crippen molar-refractivity contribution in [2.24, 2.45) is 0 Å². The summed E-state index contributed by atoms with van der Waals surface area (Å²) in [6.45, 7) is 6.86. The number of hydrogen-bond acceptors (Lipinski definition) is 2. The van der Waals surface area contributed by atoms with Gasteiger partial charge >= 0.3 is 0 Å². The van der Waals surface area contributed by atoms with Gasteiger partial charge in [-0.15, -0.1) is 0 Å². The fourth-order valence-corrected chi connectivity index (χ4v) is 3.79. The van der Waals surface area contributed by atoms with Crippen LogP contribution in [0.25, 0.3) is 0 Å². The highest BCUT2D eigenvalue weighted by Crippen LogP contribution is 2.30. The molecule has 0 unspecified atom stereocenters. The minimum absolute atomic E-state index is 0.189. The van der Waals surface area contributed by atoms with E-state index in [9.17, 15) is 0 Å². The molecule has 0 radical (unpaired) electrons. The van der Waals surface area contributed by atoms with E-state index in [4.69, 9.17) is 0 Å². The van der Waals surface area contributed by atoms with E-state index < -0.39 is 0 Å². The molecule has 1 aromatic heterocycles. The lowest BCUT2D eigenvalue weighted by atomic mass is 9.87. The van der Waals surface area contributed by atoms with Crippen LogP contribution in [0.5, 0.6) is 0 Å². The first kappa shape index (κ1) is 21.2. The molecule has 1 aromatic rings. The van der Waals surface area contributed by atoms with Gasteiger partial charge in [0.05, 0.1) is 5.54 Å². The van der Waals surface area contributed by atoms with Crippen LogP contribution >= 0.6 is 0 Å². The van der Waals surface area contributed by atoms with E-state index in [1.165, 1.54) is 83.5 Å². The summed E-state index contributed by atoms with van der Waals surface area (Å²) in [5, 5.41) is 4.41. The van der Waals surface area contributed by atoms with Crippen molar-refractivity contribution >= 4 is 0 Å². The summed E-state index contributed by atoms with van der Waals surface area (Å²) in [4.78, 5) is 4.15. The SMILES string of the molecule is CCCCCCCCCCCCCCC(CC)(CC)n1cncn1. The zero-order chi connectivity index (χ0) is 17.5. The van der Waals surface area contributed by atoms with Gasteiger partial charge in [0.15, 0.2) is 0 Å². The zero-order valence-corrected chi connectivity index (χ0v) is 16.6. The van der Waals surface area contributed by atoms with E-state index in [0.717, 1.165) is 12.8 Å². The second kappa shape index (κ2) is 13.4. The van der Waals surface area contributed by atoms with Crippen molar-refractivity contribution in [3.8, 4) is 0 Å². The van der Waals surface area contributed by atoms with Gasteiger partial charge in [-0.1, -0.05) is 97.8 Å². The van der Waals surface area contributed by atoms with Crippen LogP contribution in [0, 0.1) is 0 Å². The summed E-state index contributed by atoms with van der Waals surface area (Å²) in [6, 6.07) is 0. The van der Waals surface area contributed by atoms with Crippen molar-refractivity contribution in [1.29, 1.82) is 0 Å². The molecule has 0 amide bonds. The Morgan fingerprint density at radius 2 is 1.21 bits per heavy atom. The molecule has 1 heterocycles. The highest BCUT2D eigenvalue weighted by molar-refractivity contribution is 4.83. The summed E-state index contributed by atoms with van der Waals surface area (Å²) < 4.78 is 2.10. The number of rotatable bonds is 16. The summed E-state index contributed by atoms with van der Waals surface area (Å²) >= 11 is 0. The number of hydrogen-bond donors (Lipinski definition) is 0. The van der Waals surface area contributed by atoms with Crippen molar-refractivity contribution in [3.05, 3.63) is 12.7 Å². The number of nitrogens with zero attached hydrogens (tertiary/aromatic N) is 3. The van der Waals surface area contributed by atoms with Gasteiger partial charge in [-0.05, 0) is 19.3 Å². The fraction of sp³-hybridized carbons (Fsp3) is 0.905. The maximum absolute atomic E-state index is 4.41. The van der Waals surface area contributed by atoms with Gasteiger partial charge in [-0.25, -0.2) is 9.67 Å². The lowest BCUT2D eigenvalue weighted by Gasteiger charge is -2.31. The molecule has 0 bridgehead atoms. The van der Waals surface area contributed by atoms with E-state index in [0.29, 0.717) is 0 Å². The molecular weight excluding hydrogens is 294 g/mol. The smallest absolute Gasteiger partial charge is 0.137 e. The van der Waals surface area contributed by atoms with Crippen molar-refractivity contribution in [2.45, 2.75) is 123 Å². The normalized spacial score (nSPS) is 12.0. The average molecular weight is 336 g/mol. The molecule has 140 valence electrons. The standard InChI is InChI=1S/C21H41N3/c1-4-7-8-9-10-11-12-13-14-15-16-17-18-21(5-2,6-3)24-20-22-19-23-24/h19-20H,4-18H2,1-3H3. The van der Waals surface area contributed by atoms with Gasteiger partial charge in [0.1, 0.15) is 12.7 Å². The van der Waals surface area contributed by atoms with Crippen molar-refractivity contribution < 1.29 is 0 Å². The molecular formula is C21H41N3. The molecule has 0 aliphatic rings. The first-order valence-corrected chi connectivity index (χ1v) is 10.6. The predicted octanol–water partition coefficient (Wildman–Crippen LogP) is 6.88. The van der Waals surface area contributed by atoms with E-state index in [2.05, 4.69) is 35.5 Å². The van der Waals surface area contributed by atoms with E-state index in [-0.39, 0.29) is 5.54 Å². The van der Waals surface area contributed by atoms with Gasteiger partial charge in [0.2, 0.25) is 0 Å². The van der Waals surface area contributed by atoms with Crippen LogP contribution < -0.4 is 0 Å². The van der Waals surface area contributed by atoms with Crippen LogP contribution in [0.2, 0.25) is 0 Å². The van der Waals surface area contributed by atoms with Gasteiger partial charge in [0.25, 0.3) is 0 Å². The van der Waals surface area contributed by atoms with Crippen LogP contribution in [-0.2, 0) is 5.54 Å². The zero-order valence-electron chi connectivity index (χ0n) is 16.6. The molecule has 0 aliphatic carbocycles. The fourth-order valence-electron chi connectivity index (χ4n) is 3.79. The molecule has 0 atom stereocenters. The number of aromatic nitrogens is 3. The lowest BCUT2D eigenvalue weighted by molar-refractivity contribution is 0.207. The number of unbranched alkanes of at least 4 members (excludes halogenated alkanes) is 11. The Balaban J connectivity index is 2.03. The van der Waals surface area contributed by atoms with Crippen molar-refractivity contribution in [2.75, 3.05) is 0 Å². The third-order valence-electron chi connectivity index (χ3n) is 5.72. The van der Waals surface area contributed by atoms with Crippen LogP contribution in [0.1, 0.15) is 117 Å². The van der Waals surface area contributed by atoms with Gasteiger partial charge in [-0.2, -0.15) is 5.10 Å². The van der Waals surface area contributed by atoms with Crippen LogP contribution in [-0.4, -0.2) is 14.8 Å². The van der Waals surface area contributed by atoms with Gasteiger partial charge in [0, 0.05) is 0 Å². The monoisotopic (exact) mass is 335 g/mol. The minimum Gasteiger partial charge on any atom is -0.247 e. The Labute approximate surface area is 150 Å². The average Bonchev–Trinajstić information content (AvgIpc) is 3.15. The molecule has 24 heavy (non-hydrogen) atoms. The summed E-state index contributed by atoms with van der Waals surface area (Å²) in [5.74, 6) is 0. The van der Waals surface area contributed by atoms with Crippen molar-refractivity contribution in [1.82, 2.24) is 14.8 Å². The first-order valence-electron chi connectivity index (χ1n) is 10.6. The molecule has 0 fully saturated rings. The van der Waals surface area contributed by atoms with Crippen LogP contribution in [0.4, 0.5) is 0 Å². The van der Waals surface area contributed by atoms with Crippen molar-refractivity contribution in [3.63, 3.8) is 0 Å². The van der Waals surface area contributed by atoms with Crippen LogP contribution in [0.3, 0.4) is 0 Å². The largest absolute Gasteiger partial charge is 0.247 e. The molecule has 0 aliphatic heterocycles. The third kappa shape index (κ3) is 7.81. The Kier molecular flexibility index (Phi) is 11.9. The molecule has 3 nitrogen and oxygen atoms in total. The lowest BCUT2D eigenvalue weighted by Crippen LogP contribution is -2.32. The summed E-state index contributed by atoms with van der Waals surface area (Å²) in [7, 11) is 0. The second-order valence-corrected chi connectivity index (χ2v) is 7.41. The maximum Gasteiger partial charge on any atom is 0.137 e. The van der Waals surface area contributed by atoms with Gasteiger partial charge < -0.3 is 0 Å². The summed E-state index contributed by atoms with van der Waals surface area (Å²) in [6.07, 6.45) is 24.0. The van der Waals surface area contributed by atoms with E-state index in [1.807, 2.05) is 6.33 Å². The first-order chi connectivity index (χ1) is 11.8.